The van der Waals surface area contributed by atoms with Crippen LogP contribution in [-0.4, -0.2) is 23.0 Å². The van der Waals surface area contributed by atoms with E-state index in [1.165, 1.54) is 48.1 Å². The first-order valence-electron chi connectivity index (χ1n) is 7.44. The molecule has 6 nitrogen and oxygen atoms in total. The maximum absolute atomic E-state index is 13.0. The molecular weight excluding hydrogens is 405 g/mol. The van der Waals surface area contributed by atoms with E-state index >= 15 is 0 Å². The van der Waals surface area contributed by atoms with Gasteiger partial charge in [0.25, 0.3) is 10.0 Å². The first kappa shape index (κ1) is 19.2. The van der Waals surface area contributed by atoms with Crippen LogP contribution >= 0.6 is 11.6 Å². The van der Waals surface area contributed by atoms with Crippen molar-refractivity contribution in [3.8, 4) is 5.82 Å². The van der Waals surface area contributed by atoms with Crippen LogP contribution in [0.15, 0.2) is 53.8 Å². The SMILES string of the molecule is Cc1cc(NS(=O)(=O)c2cccn2-c2ccnc(Cl)n2)cc(C(F)(F)F)c1. The Balaban J connectivity index is 2.00. The van der Waals surface area contributed by atoms with Crippen LogP contribution in [0.3, 0.4) is 0 Å². The van der Waals surface area contributed by atoms with E-state index in [4.69, 9.17) is 11.6 Å². The molecule has 0 amide bonds. The lowest BCUT2D eigenvalue weighted by Crippen LogP contribution is -2.18. The molecule has 0 saturated carbocycles. The van der Waals surface area contributed by atoms with Gasteiger partial charge in [0, 0.05) is 18.1 Å². The topological polar surface area (TPSA) is 76.9 Å². The Hall–Kier alpha value is -2.59. The first-order valence-corrected chi connectivity index (χ1v) is 9.30. The molecule has 2 aromatic heterocycles. The van der Waals surface area contributed by atoms with E-state index in [1.54, 1.807) is 0 Å². The Kier molecular flexibility index (Phi) is 4.87. The van der Waals surface area contributed by atoms with Gasteiger partial charge in [0.1, 0.15) is 5.82 Å². The van der Waals surface area contributed by atoms with E-state index in [0.717, 1.165) is 12.1 Å². The van der Waals surface area contributed by atoms with Crippen molar-refractivity contribution in [3.05, 3.63) is 65.2 Å². The molecule has 11 heteroatoms. The number of hydrogen-bond donors (Lipinski definition) is 1. The lowest BCUT2D eigenvalue weighted by atomic mass is 10.1. The van der Waals surface area contributed by atoms with Crippen LogP contribution in [0, 0.1) is 6.92 Å². The molecule has 27 heavy (non-hydrogen) atoms. The zero-order valence-electron chi connectivity index (χ0n) is 13.7. The summed E-state index contributed by atoms with van der Waals surface area (Å²) in [5.74, 6) is 0.195. The Bertz CT molecular complexity index is 1100. The largest absolute Gasteiger partial charge is 0.416 e. The molecule has 0 unspecified atom stereocenters. The third-order valence-electron chi connectivity index (χ3n) is 3.50. The summed E-state index contributed by atoms with van der Waals surface area (Å²) in [6.07, 6.45) is -1.81. The van der Waals surface area contributed by atoms with E-state index in [1.807, 2.05) is 0 Å². The molecule has 2 heterocycles. The second kappa shape index (κ2) is 6.86. The molecule has 3 rings (SSSR count). The van der Waals surface area contributed by atoms with Crippen LogP contribution in [-0.2, 0) is 16.2 Å². The minimum atomic E-state index is -4.59. The Morgan fingerprint density at radius 3 is 2.59 bits per heavy atom. The summed E-state index contributed by atoms with van der Waals surface area (Å²) in [6, 6.07) is 7.17. The van der Waals surface area contributed by atoms with Crippen molar-refractivity contribution in [2.24, 2.45) is 0 Å². The minimum absolute atomic E-state index is 0.0778. The molecule has 0 aliphatic carbocycles. The standard InChI is InChI=1S/C16H12ClF3N4O2S/c1-10-7-11(16(18,19)20)9-12(8-10)23-27(25,26)14-3-2-6-24(14)13-4-5-21-15(17)22-13/h2-9,23H,1H3. The number of anilines is 1. The highest BCUT2D eigenvalue weighted by molar-refractivity contribution is 7.92. The summed E-state index contributed by atoms with van der Waals surface area (Å²) in [5, 5.41) is -0.293. The quantitative estimate of drug-likeness (QED) is 0.651. The summed E-state index contributed by atoms with van der Waals surface area (Å²) < 4.78 is 67.8. The normalized spacial score (nSPS) is 12.2. The van der Waals surface area contributed by atoms with Crippen LogP contribution in [0.5, 0.6) is 0 Å². The van der Waals surface area contributed by atoms with Crippen LogP contribution in [0.25, 0.3) is 5.82 Å². The number of hydrogen-bond acceptors (Lipinski definition) is 4. The molecule has 0 saturated heterocycles. The van der Waals surface area contributed by atoms with Crippen LogP contribution < -0.4 is 4.72 Å². The summed E-state index contributed by atoms with van der Waals surface area (Å²) in [5.41, 5.74) is -0.880. The number of benzene rings is 1. The molecule has 0 fully saturated rings. The fourth-order valence-corrected chi connectivity index (χ4v) is 3.79. The van der Waals surface area contributed by atoms with Gasteiger partial charge in [-0.2, -0.15) is 26.6 Å². The maximum Gasteiger partial charge on any atom is 0.416 e. The van der Waals surface area contributed by atoms with Gasteiger partial charge in [0.05, 0.1) is 5.56 Å². The van der Waals surface area contributed by atoms with E-state index < -0.39 is 21.8 Å². The zero-order chi connectivity index (χ0) is 19.8. The molecule has 0 atom stereocenters. The molecule has 3 aromatic rings. The van der Waals surface area contributed by atoms with Gasteiger partial charge in [0.15, 0.2) is 5.03 Å². The average molecular weight is 417 g/mol. The summed E-state index contributed by atoms with van der Waals surface area (Å²) in [6.45, 7) is 1.44. The summed E-state index contributed by atoms with van der Waals surface area (Å²) in [4.78, 5) is 7.65. The molecule has 1 aromatic carbocycles. The lowest BCUT2D eigenvalue weighted by Gasteiger charge is -2.14. The van der Waals surface area contributed by atoms with E-state index in [2.05, 4.69) is 14.7 Å². The highest BCUT2D eigenvalue weighted by atomic mass is 35.5. The zero-order valence-corrected chi connectivity index (χ0v) is 15.3. The predicted molar refractivity (Wildman–Crippen MR) is 93.4 cm³/mol. The fraction of sp³-hybridized carbons (Fsp3) is 0.125. The number of halogens is 4. The number of nitrogens with one attached hydrogen (secondary N) is 1. The van der Waals surface area contributed by atoms with Gasteiger partial charge in [0.2, 0.25) is 5.28 Å². The van der Waals surface area contributed by atoms with Gasteiger partial charge in [-0.25, -0.2) is 4.98 Å². The second-order valence-electron chi connectivity index (χ2n) is 5.59. The van der Waals surface area contributed by atoms with Gasteiger partial charge in [-0.15, -0.1) is 0 Å². The van der Waals surface area contributed by atoms with Crippen molar-refractivity contribution in [2.75, 3.05) is 4.72 Å². The molecule has 1 N–H and O–H groups in total. The minimum Gasteiger partial charge on any atom is -0.290 e. The van der Waals surface area contributed by atoms with Crippen molar-refractivity contribution >= 4 is 27.3 Å². The maximum atomic E-state index is 13.0. The number of aromatic nitrogens is 3. The first-order chi connectivity index (χ1) is 12.6. The molecule has 0 spiro atoms. The second-order valence-corrected chi connectivity index (χ2v) is 7.56. The summed E-state index contributed by atoms with van der Waals surface area (Å²) >= 11 is 5.73. The fourth-order valence-electron chi connectivity index (χ4n) is 2.45. The van der Waals surface area contributed by atoms with E-state index in [-0.39, 0.29) is 27.4 Å². The van der Waals surface area contributed by atoms with Crippen LogP contribution in [0.1, 0.15) is 11.1 Å². The lowest BCUT2D eigenvalue weighted by molar-refractivity contribution is -0.137. The predicted octanol–water partition coefficient (Wildman–Crippen LogP) is 4.05. The van der Waals surface area contributed by atoms with Crippen LogP contribution in [0.4, 0.5) is 18.9 Å². The number of aryl methyl sites for hydroxylation is 1. The smallest absolute Gasteiger partial charge is 0.290 e. The van der Waals surface area contributed by atoms with E-state index in [0.29, 0.717) is 0 Å². The van der Waals surface area contributed by atoms with Crippen molar-refractivity contribution in [3.63, 3.8) is 0 Å². The highest BCUT2D eigenvalue weighted by Gasteiger charge is 2.31. The van der Waals surface area contributed by atoms with Crippen molar-refractivity contribution in [2.45, 2.75) is 18.1 Å². The van der Waals surface area contributed by atoms with Crippen molar-refractivity contribution < 1.29 is 21.6 Å². The molecule has 142 valence electrons. The molecule has 0 aliphatic heterocycles. The third kappa shape index (κ3) is 4.22. The van der Waals surface area contributed by atoms with Gasteiger partial charge in [-0.3, -0.25) is 9.29 Å². The Morgan fingerprint density at radius 1 is 1.19 bits per heavy atom. The highest BCUT2D eigenvalue weighted by Crippen LogP contribution is 2.32. The average Bonchev–Trinajstić information content (AvgIpc) is 3.03. The number of alkyl halides is 3. The summed E-state index contributed by atoms with van der Waals surface area (Å²) in [7, 11) is -4.20. The Labute approximate surface area is 157 Å². The number of nitrogens with zero attached hydrogens (tertiary/aromatic N) is 3. The number of sulfonamides is 1. The molecule has 0 bridgehead atoms. The number of rotatable bonds is 4. The van der Waals surface area contributed by atoms with Crippen molar-refractivity contribution in [1.29, 1.82) is 0 Å². The van der Waals surface area contributed by atoms with Crippen molar-refractivity contribution in [1.82, 2.24) is 14.5 Å². The molecular formula is C16H12ClF3N4O2S. The third-order valence-corrected chi connectivity index (χ3v) is 5.07. The van der Waals surface area contributed by atoms with Gasteiger partial charge in [-0.05, 0) is 60.5 Å². The van der Waals surface area contributed by atoms with Gasteiger partial charge in [-0.1, -0.05) is 0 Å². The van der Waals surface area contributed by atoms with E-state index in [9.17, 15) is 21.6 Å². The monoisotopic (exact) mass is 416 g/mol. The van der Waals surface area contributed by atoms with Gasteiger partial charge < -0.3 is 0 Å². The molecule has 0 aliphatic rings. The molecule has 0 radical (unpaired) electrons. The van der Waals surface area contributed by atoms with Crippen LogP contribution in [0.2, 0.25) is 5.28 Å². The van der Waals surface area contributed by atoms with Gasteiger partial charge >= 0.3 is 6.18 Å². The Morgan fingerprint density at radius 2 is 1.93 bits per heavy atom.